The van der Waals surface area contributed by atoms with E-state index in [0.29, 0.717) is 0 Å². The second kappa shape index (κ2) is 9.33. The predicted molar refractivity (Wildman–Crippen MR) is 78.9 cm³/mol. The Morgan fingerprint density at radius 1 is 1.29 bits per heavy atom. The number of carboxylic acids is 1. The zero-order valence-corrected chi connectivity index (χ0v) is 12.5. The second-order valence-corrected chi connectivity index (χ2v) is 4.62. The fourth-order valence-corrected chi connectivity index (χ4v) is 1.86. The molecule has 0 aromatic heterocycles. The lowest BCUT2D eigenvalue weighted by Gasteiger charge is -2.21. The molecule has 0 saturated carbocycles. The molecule has 0 bridgehead atoms. The van der Waals surface area contributed by atoms with E-state index < -0.39 is 30.0 Å². The lowest BCUT2D eigenvalue weighted by Crippen LogP contribution is -2.43. The first-order valence-electron chi connectivity index (χ1n) is 6.27. The van der Waals surface area contributed by atoms with Gasteiger partial charge in [-0.2, -0.15) is 0 Å². The molecule has 0 fully saturated rings. The van der Waals surface area contributed by atoms with Crippen molar-refractivity contribution in [3.05, 3.63) is 35.9 Å². The number of halogens is 1. The maximum Gasteiger partial charge on any atom is 0.310 e. The van der Waals surface area contributed by atoms with E-state index in [1.165, 1.54) is 6.92 Å². The molecule has 3 atom stereocenters. The maximum atomic E-state index is 11.6. The summed E-state index contributed by atoms with van der Waals surface area (Å²) in [7, 11) is 0. The van der Waals surface area contributed by atoms with Crippen molar-refractivity contribution in [1.29, 1.82) is 0 Å². The lowest BCUT2D eigenvalue weighted by molar-refractivity contribution is -0.149. The molecule has 0 aliphatic carbocycles. The number of aliphatic carboxylic acids is 1. The van der Waals surface area contributed by atoms with Gasteiger partial charge in [0.15, 0.2) is 0 Å². The van der Waals surface area contributed by atoms with Crippen molar-refractivity contribution in [3.63, 3.8) is 0 Å². The summed E-state index contributed by atoms with van der Waals surface area (Å²) in [4.78, 5) is 22.6. The first-order chi connectivity index (χ1) is 9.41. The van der Waals surface area contributed by atoms with Gasteiger partial charge in [0, 0.05) is 6.04 Å². The van der Waals surface area contributed by atoms with Crippen LogP contribution < -0.4 is 5.73 Å². The van der Waals surface area contributed by atoms with Crippen molar-refractivity contribution in [2.75, 3.05) is 0 Å². The molecule has 1 aromatic carbocycles. The highest BCUT2D eigenvalue weighted by Crippen LogP contribution is 2.12. The number of benzene rings is 1. The third-order valence-corrected chi connectivity index (χ3v) is 2.91. The van der Waals surface area contributed by atoms with Gasteiger partial charge in [0.25, 0.3) is 0 Å². The minimum absolute atomic E-state index is 0. The third-order valence-electron chi connectivity index (χ3n) is 2.91. The molecule has 0 saturated heterocycles. The SMILES string of the molecule is CC(O)C(C(=O)O)C(N)CC(=O)OCc1ccccc1.Cl. The van der Waals surface area contributed by atoms with Crippen LogP contribution in [0.15, 0.2) is 30.3 Å². The van der Waals surface area contributed by atoms with E-state index in [9.17, 15) is 14.7 Å². The first-order valence-corrected chi connectivity index (χ1v) is 6.27. The van der Waals surface area contributed by atoms with Crippen LogP contribution >= 0.6 is 12.4 Å². The number of esters is 1. The van der Waals surface area contributed by atoms with Crippen molar-refractivity contribution in [3.8, 4) is 0 Å². The van der Waals surface area contributed by atoms with Crippen molar-refractivity contribution < 1.29 is 24.5 Å². The number of rotatable bonds is 7. The lowest BCUT2D eigenvalue weighted by atomic mass is 9.93. The van der Waals surface area contributed by atoms with E-state index in [1.54, 1.807) is 0 Å². The van der Waals surface area contributed by atoms with Crippen LogP contribution in [0.1, 0.15) is 18.9 Å². The van der Waals surface area contributed by atoms with Gasteiger partial charge >= 0.3 is 11.9 Å². The summed E-state index contributed by atoms with van der Waals surface area (Å²) in [5, 5.41) is 18.3. The number of carboxylic acid groups (broad SMARTS) is 1. The van der Waals surface area contributed by atoms with Crippen LogP contribution in [0.5, 0.6) is 0 Å². The molecule has 3 unspecified atom stereocenters. The van der Waals surface area contributed by atoms with Crippen LogP contribution in [-0.4, -0.2) is 34.3 Å². The molecule has 0 radical (unpaired) electrons. The van der Waals surface area contributed by atoms with Gasteiger partial charge in [0.1, 0.15) is 6.61 Å². The van der Waals surface area contributed by atoms with Gasteiger partial charge in [-0.05, 0) is 12.5 Å². The van der Waals surface area contributed by atoms with Crippen LogP contribution in [0.2, 0.25) is 0 Å². The Bertz CT molecular complexity index is 452. The highest BCUT2D eigenvalue weighted by molar-refractivity contribution is 5.85. The van der Waals surface area contributed by atoms with Crippen molar-refractivity contribution in [1.82, 2.24) is 0 Å². The molecule has 7 heteroatoms. The van der Waals surface area contributed by atoms with Gasteiger partial charge in [-0.1, -0.05) is 30.3 Å². The topological polar surface area (TPSA) is 110 Å². The molecule has 21 heavy (non-hydrogen) atoms. The summed E-state index contributed by atoms with van der Waals surface area (Å²) in [6.45, 7) is 1.44. The zero-order valence-electron chi connectivity index (χ0n) is 11.6. The summed E-state index contributed by atoms with van der Waals surface area (Å²) < 4.78 is 5.01. The van der Waals surface area contributed by atoms with Crippen LogP contribution in [0, 0.1) is 5.92 Å². The van der Waals surface area contributed by atoms with E-state index >= 15 is 0 Å². The van der Waals surface area contributed by atoms with Gasteiger partial charge in [-0.15, -0.1) is 12.4 Å². The van der Waals surface area contributed by atoms with Gasteiger partial charge in [-0.3, -0.25) is 9.59 Å². The van der Waals surface area contributed by atoms with Crippen molar-refractivity contribution in [2.24, 2.45) is 11.7 Å². The number of aliphatic hydroxyl groups excluding tert-OH is 1. The molecule has 0 amide bonds. The van der Waals surface area contributed by atoms with E-state index in [0.717, 1.165) is 5.56 Å². The molecular formula is C14H20ClNO5. The van der Waals surface area contributed by atoms with Gasteiger partial charge in [-0.25, -0.2) is 0 Å². The Hall–Kier alpha value is -1.63. The van der Waals surface area contributed by atoms with Crippen molar-refractivity contribution >= 4 is 24.3 Å². The van der Waals surface area contributed by atoms with Crippen LogP contribution in [-0.2, 0) is 20.9 Å². The molecule has 1 aromatic rings. The molecule has 0 spiro atoms. The molecule has 0 heterocycles. The summed E-state index contributed by atoms with van der Waals surface area (Å²) in [6, 6.07) is 8.12. The Labute approximate surface area is 129 Å². The average molecular weight is 318 g/mol. The average Bonchev–Trinajstić information content (AvgIpc) is 2.36. The second-order valence-electron chi connectivity index (χ2n) is 4.62. The van der Waals surface area contributed by atoms with Crippen LogP contribution in [0.3, 0.4) is 0 Å². The molecule has 0 aliphatic rings. The number of carbonyl (C=O) groups is 2. The fraction of sp³-hybridized carbons (Fsp3) is 0.429. The Morgan fingerprint density at radius 3 is 2.33 bits per heavy atom. The zero-order chi connectivity index (χ0) is 15.1. The number of ether oxygens (including phenoxy) is 1. The van der Waals surface area contributed by atoms with E-state index in [1.807, 2.05) is 30.3 Å². The van der Waals surface area contributed by atoms with Gasteiger partial charge in [0.05, 0.1) is 18.4 Å². The number of nitrogens with two attached hydrogens (primary N) is 1. The summed E-state index contributed by atoms with van der Waals surface area (Å²) in [5.74, 6) is -3.02. The van der Waals surface area contributed by atoms with Crippen LogP contribution in [0.4, 0.5) is 0 Å². The minimum Gasteiger partial charge on any atom is -0.481 e. The molecule has 118 valence electrons. The predicted octanol–water partition coefficient (Wildman–Crippen LogP) is 0.951. The first kappa shape index (κ1) is 19.4. The fourth-order valence-electron chi connectivity index (χ4n) is 1.86. The summed E-state index contributed by atoms with van der Waals surface area (Å²) in [6.07, 6.45) is -1.39. The number of hydrogen-bond donors (Lipinski definition) is 3. The quantitative estimate of drug-likeness (QED) is 0.646. The van der Waals surface area contributed by atoms with Crippen LogP contribution in [0.25, 0.3) is 0 Å². The van der Waals surface area contributed by atoms with Crippen molar-refractivity contribution in [2.45, 2.75) is 32.1 Å². The highest BCUT2D eigenvalue weighted by atomic mass is 35.5. The standard InChI is InChI=1S/C14H19NO5.ClH/c1-9(16)13(14(18)19)11(15)7-12(17)20-8-10-5-3-2-4-6-10;/h2-6,9,11,13,16H,7-8,15H2,1H3,(H,18,19);1H. The molecule has 0 aliphatic heterocycles. The van der Waals surface area contributed by atoms with Gasteiger partial charge < -0.3 is 20.7 Å². The maximum absolute atomic E-state index is 11.6. The largest absolute Gasteiger partial charge is 0.481 e. The minimum atomic E-state index is -1.23. The number of carbonyl (C=O) groups excluding carboxylic acids is 1. The normalized spacial score (nSPS) is 14.4. The van der Waals surface area contributed by atoms with E-state index in [2.05, 4.69) is 0 Å². The Morgan fingerprint density at radius 2 is 1.86 bits per heavy atom. The van der Waals surface area contributed by atoms with E-state index in [-0.39, 0.29) is 25.4 Å². The summed E-state index contributed by atoms with van der Waals surface area (Å²) in [5.41, 5.74) is 6.48. The highest BCUT2D eigenvalue weighted by Gasteiger charge is 2.31. The Kier molecular flexibility index (Phi) is 8.61. The molecule has 6 nitrogen and oxygen atoms in total. The molecule has 4 N–H and O–H groups in total. The Balaban J connectivity index is 0.00000400. The number of hydrogen-bond acceptors (Lipinski definition) is 5. The third kappa shape index (κ3) is 6.57. The monoisotopic (exact) mass is 317 g/mol. The smallest absolute Gasteiger partial charge is 0.310 e. The number of aliphatic hydroxyl groups is 1. The molecule has 1 rings (SSSR count). The molecular weight excluding hydrogens is 298 g/mol. The van der Waals surface area contributed by atoms with Gasteiger partial charge in [0.2, 0.25) is 0 Å². The van der Waals surface area contributed by atoms with E-state index in [4.69, 9.17) is 15.6 Å². The summed E-state index contributed by atoms with van der Waals surface area (Å²) >= 11 is 0.